The van der Waals surface area contributed by atoms with E-state index in [0.717, 1.165) is 34.2 Å². The average Bonchev–Trinajstić information content (AvgIpc) is 3.13. The molecule has 0 N–H and O–H groups in total. The second-order valence-corrected chi connectivity index (χ2v) is 7.42. The first-order valence-corrected chi connectivity index (χ1v) is 8.65. The van der Waals surface area contributed by atoms with Crippen molar-refractivity contribution in [3.05, 3.63) is 27.5 Å². The molecule has 122 valence electrons. The smallest absolute Gasteiger partial charge is 0.227 e. The predicted molar refractivity (Wildman–Crippen MR) is 84.1 cm³/mol. The Morgan fingerprint density at radius 1 is 1.48 bits per heavy atom. The minimum Gasteiger partial charge on any atom is -0.368 e. The molecule has 7 nitrogen and oxygen atoms in total. The summed E-state index contributed by atoms with van der Waals surface area (Å²) < 4.78 is 7.89. The molecule has 0 aliphatic carbocycles. The van der Waals surface area contributed by atoms with Crippen molar-refractivity contribution < 1.29 is 9.53 Å². The lowest BCUT2D eigenvalue weighted by Crippen LogP contribution is -2.50. The number of hydrogen-bond donors (Lipinski definition) is 0. The minimum absolute atomic E-state index is 0.00573. The molecule has 8 heteroatoms. The summed E-state index contributed by atoms with van der Waals surface area (Å²) in [6, 6.07) is 0.192. The number of aryl methyl sites for hydroxylation is 2. The Labute approximate surface area is 138 Å². The van der Waals surface area contributed by atoms with Crippen LogP contribution < -0.4 is 0 Å². The van der Waals surface area contributed by atoms with Crippen molar-refractivity contribution in [2.24, 2.45) is 0 Å². The van der Waals surface area contributed by atoms with Gasteiger partial charge in [-0.1, -0.05) is 5.21 Å². The van der Waals surface area contributed by atoms with Crippen molar-refractivity contribution in [3.8, 4) is 0 Å². The molecule has 2 aromatic heterocycles. The summed E-state index contributed by atoms with van der Waals surface area (Å²) in [4.78, 5) is 20.0. The number of amides is 1. The zero-order chi connectivity index (χ0) is 16.0. The lowest BCUT2D eigenvalue weighted by atomic mass is 10.00. The van der Waals surface area contributed by atoms with Crippen molar-refractivity contribution in [1.82, 2.24) is 24.9 Å². The number of hydrogen-bond acceptors (Lipinski definition) is 6. The zero-order valence-corrected chi connectivity index (χ0v) is 14.0. The third kappa shape index (κ3) is 2.66. The number of likely N-dealkylation sites (tertiary alicyclic amines) is 1. The monoisotopic (exact) mass is 333 g/mol. The predicted octanol–water partition coefficient (Wildman–Crippen LogP) is 1.27. The maximum Gasteiger partial charge on any atom is 0.227 e. The second kappa shape index (κ2) is 5.68. The van der Waals surface area contributed by atoms with Gasteiger partial charge in [0.05, 0.1) is 47.8 Å². The lowest BCUT2D eigenvalue weighted by molar-refractivity contribution is -0.138. The molecule has 0 bridgehead atoms. The Hall–Kier alpha value is -1.80. The maximum atomic E-state index is 12.6. The van der Waals surface area contributed by atoms with E-state index in [0.29, 0.717) is 19.6 Å². The number of thiazole rings is 1. The van der Waals surface area contributed by atoms with Gasteiger partial charge in [-0.3, -0.25) is 4.79 Å². The fraction of sp³-hybridized carbons (Fsp3) is 0.600. The molecule has 4 heterocycles. The molecule has 0 spiro atoms. The van der Waals surface area contributed by atoms with Crippen LogP contribution in [0.25, 0.3) is 0 Å². The molecule has 2 aliphatic heterocycles. The average molecular weight is 333 g/mol. The standard InChI is InChI=1S/C15H19N5O2S/c1-9-14(23-10(2)17-9)5-15(21)19-4-3-12-13(7-19)22-8-11-6-16-18-20(11)12/h6,12-13H,3-5,7-8H2,1-2H3/t12-,13-/m0/s1. The Bertz CT molecular complexity index is 740. The zero-order valence-electron chi connectivity index (χ0n) is 13.2. The van der Waals surface area contributed by atoms with E-state index in [1.807, 2.05) is 23.4 Å². The maximum absolute atomic E-state index is 12.6. The van der Waals surface area contributed by atoms with E-state index in [1.54, 1.807) is 17.5 Å². The van der Waals surface area contributed by atoms with Crippen molar-refractivity contribution in [3.63, 3.8) is 0 Å². The van der Waals surface area contributed by atoms with Gasteiger partial charge < -0.3 is 9.64 Å². The molecule has 0 radical (unpaired) electrons. The molecule has 1 saturated heterocycles. The van der Waals surface area contributed by atoms with Gasteiger partial charge in [0.2, 0.25) is 5.91 Å². The van der Waals surface area contributed by atoms with Crippen LogP contribution >= 0.6 is 11.3 Å². The highest BCUT2D eigenvalue weighted by Gasteiger charge is 2.37. The summed E-state index contributed by atoms with van der Waals surface area (Å²) in [5.74, 6) is 0.156. The Balaban J connectivity index is 1.44. The normalized spacial score (nSPS) is 23.5. The van der Waals surface area contributed by atoms with Crippen molar-refractivity contribution in [2.75, 3.05) is 13.1 Å². The molecular formula is C15H19N5O2S. The van der Waals surface area contributed by atoms with Gasteiger partial charge in [-0.05, 0) is 20.3 Å². The molecule has 2 atom stereocenters. The van der Waals surface area contributed by atoms with E-state index in [4.69, 9.17) is 4.74 Å². The highest BCUT2D eigenvalue weighted by Crippen LogP contribution is 2.31. The first-order chi connectivity index (χ1) is 11.1. The lowest BCUT2D eigenvalue weighted by Gasteiger charge is -2.41. The quantitative estimate of drug-likeness (QED) is 0.827. The van der Waals surface area contributed by atoms with Gasteiger partial charge >= 0.3 is 0 Å². The van der Waals surface area contributed by atoms with Crippen molar-refractivity contribution in [1.29, 1.82) is 0 Å². The molecule has 23 heavy (non-hydrogen) atoms. The largest absolute Gasteiger partial charge is 0.368 e. The van der Waals surface area contributed by atoms with Gasteiger partial charge in [-0.15, -0.1) is 16.4 Å². The first-order valence-electron chi connectivity index (χ1n) is 7.83. The summed E-state index contributed by atoms with van der Waals surface area (Å²) in [5.41, 5.74) is 1.98. The van der Waals surface area contributed by atoms with Crippen LogP contribution in [0.15, 0.2) is 6.20 Å². The van der Waals surface area contributed by atoms with Crippen LogP contribution in [0.2, 0.25) is 0 Å². The van der Waals surface area contributed by atoms with Gasteiger partial charge in [0.15, 0.2) is 0 Å². The number of nitrogens with zero attached hydrogens (tertiary/aromatic N) is 5. The van der Waals surface area contributed by atoms with E-state index in [1.165, 1.54) is 0 Å². The number of aromatic nitrogens is 4. The van der Waals surface area contributed by atoms with Crippen LogP contribution in [-0.2, 0) is 22.6 Å². The van der Waals surface area contributed by atoms with Gasteiger partial charge in [0, 0.05) is 18.0 Å². The van der Waals surface area contributed by atoms with E-state index in [2.05, 4.69) is 15.3 Å². The van der Waals surface area contributed by atoms with E-state index in [-0.39, 0.29) is 18.1 Å². The van der Waals surface area contributed by atoms with Crippen LogP contribution in [0.1, 0.15) is 33.7 Å². The summed E-state index contributed by atoms with van der Waals surface area (Å²) in [7, 11) is 0. The molecule has 1 fully saturated rings. The van der Waals surface area contributed by atoms with E-state index < -0.39 is 0 Å². The molecule has 0 aromatic carbocycles. The number of carbonyl (C=O) groups excluding carboxylic acids is 1. The summed E-state index contributed by atoms with van der Waals surface area (Å²) in [6.07, 6.45) is 3.05. The third-order valence-corrected chi connectivity index (χ3v) is 5.67. The Morgan fingerprint density at radius 3 is 3.13 bits per heavy atom. The number of ether oxygens (including phenoxy) is 1. The molecule has 4 rings (SSSR count). The van der Waals surface area contributed by atoms with Crippen molar-refractivity contribution in [2.45, 2.75) is 45.4 Å². The van der Waals surface area contributed by atoms with Gasteiger partial charge in [0.1, 0.15) is 0 Å². The van der Waals surface area contributed by atoms with E-state index in [9.17, 15) is 4.79 Å². The second-order valence-electron chi connectivity index (χ2n) is 6.13. The van der Waals surface area contributed by atoms with Crippen LogP contribution in [0, 0.1) is 13.8 Å². The molecular weight excluding hydrogens is 314 g/mol. The van der Waals surface area contributed by atoms with Gasteiger partial charge in [0.25, 0.3) is 0 Å². The Kier molecular flexibility index (Phi) is 3.65. The Morgan fingerprint density at radius 2 is 2.35 bits per heavy atom. The van der Waals surface area contributed by atoms with Crippen molar-refractivity contribution >= 4 is 17.2 Å². The highest BCUT2D eigenvalue weighted by molar-refractivity contribution is 7.11. The minimum atomic E-state index is 0.00573. The SMILES string of the molecule is Cc1nc(C)c(CC(=O)N2CC[C@H]3[C@H](C2)OCc2cnnn23)s1. The fourth-order valence-corrected chi connectivity index (χ4v) is 4.33. The summed E-state index contributed by atoms with van der Waals surface area (Å²) in [5, 5.41) is 9.15. The van der Waals surface area contributed by atoms with Gasteiger partial charge in [-0.2, -0.15) is 0 Å². The van der Waals surface area contributed by atoms with Crippen LogP contribution in [-0.4, -0.2) is 50.0 Å². The van der Waals surface area contributed by atoms with E-state index >= 15 is 0 Å². The molecule has 0 saturated carbocycles. The summed E-state index contributed by atoms with van der Waals surface area (Å²) >= 11 is 1.61. The number of carbonyl (C=O) groups is 1. The number of fused-ring (bicyclic) bond motifs is 3. The number of rotatable bonds is 2. The molecule has 2 aromatic rings. The van der Waals surface area contributed by atoms with Gasteiger partial charge in [-0.25, -0.2) is 9.67 Å². The third-order valence-electron chi connectivity index (χ3n) is 4.60. The first kappa shape index (κ1) is 14.8. The number of piperidine rings is 1. The molecule has 1 amide bonds. The fourth-order valence-electron chi connectivity index (χ4n) is 3.40. The highest BCUT2D eigenvalue weighted by atomic mass is 32.1. The van der Waals surface area contributed by atoms with Crippen LogP contribution in [0.5, 0.6) is 0 Å². The van der Waals surface area contributed by atoms with Crippen LogP contribution in [0.3, 0.4) is 0 Å². The topological polar surface area (TPSA) is 73.1 Å². The van der Waals surface area contributed by atoms with Crippen LogP contribution in [0.4, 0.5) is 0 Å². The summed E-state index contributed by atoms with van der Waals surface area (Å²) in [6.45, 7) is 5.82. The molecule has 0 unspecified atom stereocenters. The molecule has 2 aliphatic rings.